The zero-order valence-electron chi connectivity index (χ0n) is 9.50. The first-order valence-electron chi connectivity index (χ1n) is 5.16. The van der Waals surface area contributed by atoms with Crippen molar-refractivity contribution in [3.05, 3.63) is 24.5 Å². The highest BCUT2D eigenvalue weighted by atomic mass is 16.5. The van der Waals surface area contributed by atoms with Crippen molar-refractivity contribution in [2.24, 2.45) is 0 Å². The molecule has 1 rings (SSSR count). The van der Waals surface area contributed by atoms with Gasteiger partial charge in [0.15, 0.2) is 0 Å². The van der Waals surface area contributed by atoms with E-state index in [4.69, 9.17) is 9.84 Å². The number of aliphatic carboxylic acids is 1. The van der Waals surface area contributed by atoms with Crippen molar-refractivity contribution in [1.82, 2.24) is 4.98 Å². The van der Waals surface area contributed by atoms with Gasteiger partial charge < -0.3 is 14.7 Å². The van der Waals surface area contributed by atoms with E-state index in [2.05, 4.69) is 4.98 Å². The first kappa shape index (κ1) is 13.0. The van der Waals surface area contributed by atoms with Gasteiger partial charge in [0.2, 0.25) is 0 Å². The number of hydrogen-bond acceptors (Lipinski definition) is 5. The predicted molar refractivity (Wildman–Crippen MR) is 60.7 cm³/mol. The average Bonchev–Trinajstić information content (AvgIpc) is 2.29. The van der Waals surface area contributed by atoms with Gasteiger partial charge in [-0.3, -0.25) is 14.6 Å². The molecule has 6 heteroatoms. The van der Waals surface area contributed by atoms with Gasteiger partial charge in [0.1, 0.15) is 13.1 Å². The number of nitrogens with zero attached hydrogens (tertiary/aromatic N) is 2. The number of carboxylic acids is 1. The second-order valence-corrected chi connectivity index (χ2v) is 3.26. The van der Waals surface area contributed by atoms with Crippen molar-refractivity contribution in [2.45, 2.75) is 6.92 Å². The molecule has 0 saturated heterocycles. The molecule has 0 amide bonds. The number of esters is 1. The molecule has 0 aliphatic heterocycles. The van der Waals surface area contributed by atoms with E-state index in [1.54, 1.807) is 19.1 Å². The van der Waals surface area contributed by atoms with E-state index in [1.165, 1.54) is 17.3 Å². The maximum atomic E-state index is 11.3. The smallest absolute Gasteiger partial charge is 0.325 e. The maximum Gasteiger partial charge on any atom is 0.325 e. The summed E-state index contributed by atoms with van der Waals surface area (Å²) in [7, 11) is 0. The van der Waals surface area contributed by atoms with Crippen molar-refractivity contribution < 1.29 is 19.4 Å². The van der Waals surface area contributed by atoms with E-state index < -0.39 is 11.9 Å². The Morgan fingerprint density at radius 3 is 2.53 bits per heavy atom. The SMILES string of the molecule is CCOC(=O)CN(CC(=O)O)c1ccncc1. The molecule has 0 saturated carbocycles. The molecule has 92 valence electrons. The largest absolute Gasteiger partial charge is 0.480 e. The third-order valence-electron chi connectivity index (χ3n) is 1.98. The Morgan fingerprint density at radius 1 is 1.35 bits per heavy atom. The number of hydrogen-bond donors (Lipinski definition) is 1. The van der Waals surface area contributed by atoms with Crippen molar-refractivity contribution in [1.29, 1.82) is 0 Å². The Hall–Kier alpha value is -2.11. The summed E-state index contributed by atoms with van der Waals surface area (Å²) in [6.07, 6.45) is 3.07. The summed E-state index contributed by atoms with van der Waals surface area (Å²) in [5.41, 5.74) is 0.621. The van der Waals surface area contributed by atoms with Crippen LogP contribution < -0.4 is 4.90 Å². The molecule has 0 aliphatic rings. The lowest BCUT2D eigenvalue weighted by molar-refractivity contribution is -0.141. The summed E-state index contributed by atoms with van der Waals surface area (Å²) in [5, 5.41) is 8.78. The molecule has 0 spiro atoms. The van der Waals surface area contributed by atoms with Crippen LogP contribution in [0.4, 0.5) is 5.69 Å². The second kappa shape index (κ2) is 6.47. The third kappa shape index (κ3) is 4.50. The number of carboxylic acid groups (broad SMARTS) is 1. The molecule has 0 atom stereocenters. The minimum atomic E-state index is -1.01. The summed E-state index contributed by atoms with van der Waals surface area (Å²) in [6, 6.07) is 3.28. The van der Waals surface area contributed by atoms with E-state index in [1.807, 2.05) is 0 Å². The molecule has 6 nitrogen and oxygen atoms in total. The number of carbonyl (C=O) groups is 2. The summed E-state index contributed by atoms with van der Waals surface area (Å²) < 4.78 is 4.79. The van der Waals surface area contributed by atoms with Gasteiger partial charge in [-0.2, -0.15) is 0 Å². The minimum Gasteiger partial charge on any atom is -0.480 e. The van der Waals surface area contributed by atoms with E-state index in [0.717, 1.165) is 0 Å². The fourth-order valence-electron chi connectivity index (χ4n) is 1.32. The van der Waals surface area contributed by atoms with Crippen molar-refractivity contribution >= 4 is 17.6 Å². The van der Waals surface area contributed by atoms with Gasteiger partial charge in [0.05, 0.1) is 6.61 Å². The number of aromatic nitrogens is 1. The van der Waals surface area contributed by atoms with Gasteiger partial charge in [-0.25, -0.2) is 0 Å². The van der Waals surface area contributed by atoms with Gasteiger partial charge in [0.25, 0.3) is 0 Å². The van der Waals surface area contributed by atoms with E-state index in [0.29, 0.717) is 5.69 Å². The average molecular weight is 238 g/mol. The standard InChI is InChI=1S/C11H14N2O4/c1-2-17-11(16)8-13(7-10(14)15)9-3-5-12-6-4-9/h3-6H,2,7-8H2,1H3,(H,14,15). The molecule has 0 fully saturated rings. The molecule has 0 aliphatic carbocycles. The van der Waals surface area contributed by atoms with Gasteiger partial charge in [-0.05, 0) is 19.1 Å². The predicted octanol–water partition coefficient (Wildman–Crippen LogP) is 0.536. The second-order valence-electron chi connectivity index (χ2n) is 3.26. The molecule has 1 aromatic rings. The van der Waals surface area contributed by atoms with Crippen LogP contribution in [0, 0.1) is 0 Å². The Kier molecular flexibility index (Phi) is 4.93. The highest BCUT2D eigenvalue weighted by Crippen LogP contribution is 2.11. The highest BCUT2D eigenvalue weighted by Gasteiger charge is 2.15. The third-order valence-corrected chi connectivity index (χ3v) is 1.98. The Bertz CT molecular complexity index is 380. The molecule has 1 heterocycles. The summed E-state index contributed by atoms with van der Waals surface area (Å²) in [6.45, 7) is 1.62. The van der Waals surface area contributed by atoms with E-state index in [-0.39, 0.29) is 19.7 Å². The van der Waals surface area contributed by atoms with Gasteiger partial charge in [-0.15, -0.1) is 0 Å². The zero-order chi connectivity index (χ0) is 12.7. The van der Waals surface area contributed by atoms with Crippen molar-refractivity contribution in [2.75, 3.05) is 24.6 Å². The molecule has 1 N–H and O–H groups in total. The summed E-state index contributed by atoms with van der Waals surface area (Å²) in [4.78, 5) is 27.3. The fourth-order valence-corrected chi connectivity index (χ4v) is 1.32. The van der Waals surface area contributed by atoms with Crippen LogP contribution in [-0.2, 0) is 14.3 Å². The lowest BCUT2D eigenvalue weighted by Gasteiger charge is -2.21. The van der Waals surface area contributed by atoms with Crippen LogP contribution >= 0.6 is 0 Å². The maximum absolute atomic E-state index is 11.3. The summed E-state index contributed by atoms with van der Waals surface area (Å²) >= 11 is 0. The topological polar surface area (TPSA) is 79.7 Å². The van der Waals surface area contributed by atoms with Crippen LogP contribution in [0.25, 0.3) is 0 Å². The van der Waals surface area contributed by atoms with Crippen LogP contribution in [0.3, 0.4) is 0 Å². The van der Waals surface area contributed by atoms with Crippen LogP contribution in [-0.4, -0.2) is 41.7 Å². The summed E-state index contributed by atoms with van der Waals surface area (Å²) in [5.74, 6) is -1.46. The van der Waals surface area contributed by atoms with Crippen LogP contribution in [0.1, 0.15) is 6.92 Å². The molecule has 0 aromatic carbocycles. The van der Waals surface area contributed by atoms with Gasteiger partial charge in [-0.1, -0.05) is 0 Å². The first-order chi connectivity index (χ1) is 8.13. The van der Waals surface area contributed by atoms with Gasteiger partial charge >= 0.3 is 11.9 Å². The van der Waals surface area contributed by atoms with E-state index >= 15 is 0 Å². The molecular weight excluding hydrogens is 224 g/mol. The molecular formula is C11H14N2O4. The molecule has 17 heavy (non-hydrogen) atoms. The van der Waals surface area contributed by atoms with E-state index in [9.17, 15) is 9.59 Å². The van der Waals surface area contributed by atoms with Crippen LogP contribution in [0.15, 0.2) is 24.5 Å². The number of ether oxygens (including phenoxy) is 1. The normalized spacial score (nSPS) is 9.71. The number of rotatable bonds is 6. The quantitative estimate of drug-likeness (QED) is 0.728. The number of pyridine rings is 1. The Morgan fingerprint density at radius 2 is 2.00 bits per heavy atom. The molecule has 0 radical (unpaired) electrons. The first-order valence-corrected chi connectivity index (χ1v) is 5.16. The molecule has 1 aromatic heterocycles. The lowest BCUT2D eigenvalue weighted by Crippen LogP contribution is -2.35. The highest BCUT2D eigenvalue weighted by molar-refractivity contribution is 5.80. The molecule has 0 bridgehead atoms. The Balaban J connectivity index is 2.74. The van der Waals surface area contributed by atoms with Crippen molar-refractivity contribution in [3.8, 4) is 0 Å². The van der Waals surface area contributed by atoms with Crippen molar-refractivity contribution in [3.63, 3.8) is 0 Å². The van der Waals surface area contributed by atoms with Gasteiger partial charge in [0, 0.05) is 18.1 Å². The monoisotopic (exact) mass is 238 g/mol. The van der Waals surface area contributed by atoms with Crippen LogP contribution in [0.2, 0.25) is 0 Å². The zero-order valence-corrected chi connectivity index (χ0v) is 9.50. The van der Waals surface area contributed by atoms with Crippen LogP contribution in [0.5, 0.6) is 0 Å². The fraction of sp³-hybridized carbons (Fsp3) is 0.364. The minimum absolute atomic E-state index is 0.0931. The molecule has 0 unspecified atom stereocenters. The lowest BCUT2D eigenvalue weighted by atomic mass is 10.3. The number of anilines is 1. The Labute approximate surface area is 98.8 Å². The number of carbonyl (C=O) groups excluding carboxylic acids is 1.